The molecular weight excluding hydrogens is 211 g/mol. The molecule has 0 bridgehead atoms. The Morgan fingerprint density at radius 3 is 2.81 bits per heavy atom. The number of alkyl halides is 1. The summed E-state index contributed by atoms with van der Waals surface area (Å²) in [7, 11) is 0. The molecule has 0 aliphatic rings. The standard InChI is InChI=1S/C12H15FO3/c1-2-16-12(15)6-4-9-3-5-11(14)7-10(9)8-13/h3,5,7,14H,2,4,6,8H2,1H3. The van der Waals surface area contributed by atoms with Crippen LogP contribution >= 0.6 is 0 Å². The Labute approximate surface area is 93.9 Å². The van der Waals surface area contributed by atoms with Crippen molar-refractivity contribution in [3.05, 3.63) is 29.3 Å². The van der Waals surface area contributed by atoms with Gasteiger partial charge in [-0.2, -0.15) is 0 Å². The quantitative estimate of drug-likeness (QED) is 0.784. The van der Waals surface area contributed by atoms with Crippen LogP contribution in [-0.4, -0.2) is 17.7 Å². The van der Waals surface area contributed by atoms with Crippen LogP contribution in [0, 0.1) is 0 Å². The van der Waals surface area contributed by atoms with Gasteiger partial charge in [0, 0.05) is 6.42 Å². The van der Waals surface area contributed by atoms with Gasteiger partial charge in [-0.05, 0) is 36.6 Å². The smallest absolute Gasteiger partial charge is 0.306 e. The largest absolute Gasteiger partial charge is 0.508 e. The molecule has 0 heterocycles. The first-order valence-corrected chi connectivity index (χ1v) is 5.19. The summed E-state index contributed by atoms with van der Waals surface area (Å²) in [5, 5.41) is 9.17. The molecule has 0 saturated carbocycles. The van der Waals surface area contributed by atoms with Crippen LogP contribution < -0.4 is 0 Å². The van der Waals surface area contributed by atoms with Crippen molar-refractivity contribution in [2.45, 2.75) is 26.4 Å². The molecule has 0 saturated heterocycles. The summed E-state index contributed by atoms with van der Waals surface area (Å²) >= 11 is 0. The summed E-state index contributed by atoms with van der Waals surface area (Å²) in [6.45, 7) is 1.45. The first kappa shape index (κ1) is 12.5. The highest BCUT2D eigenvalue weighted by Crippen LogP contribution is 2.19. The summed E-state index contributed by atoms with van der Waals surface area (Å²) in [6.07, 6.45) is 0.657. The minimum absolute atomic E-state index is 0.0348. The number of rotatable bonds is 5. The molecule has 0 spiro atoms. The number of ether oxygens (including phenoxy) is 1. The first-order valence-electron chi connectivity index (χ1n) is 5.19. The number of esters is 1. The highest BCUT2D eigenvalue weighted by Gasteiger charge is 2.07. The maximum Gasteiger partial charge on any atom is 0.306 e. The fourth-order valence-corrected chi connectivity index (χ4v) is 1.45. The second kappa shape index (κ2) is 6.10. The van der Waals surface area contributed by atoms with E-state index in [2.05, 4.69) is 0 Å². The molecule has 88 valence electrons. The lowest BCUT2D eigenvalue weighted by Gasteiger charge is -2.07. The van der Waals surface area contributed by atoms with E-state index < -0.39 is 6.67 Å². The third kappa shape index (κ3) is 3.53. The Kier molecular flexibility index (Phi) is 4.76. The van der Waals surface area contributed by atoms with Crippen LogP contribution in [-0.2, 0) is 22.6 Å². The molecule has 16 heavy (non-hydrogen) atoms. The third-order valence-electron chi connectivity index (χ3n) is 2.24. The predicted molar refractivity (Wildman–Crippen MR) is 57.9 cm³/mol. The fourth-order valence-electron chi connectivity index (χ4n) is 1.45. The van der Waals surface area contributed by atoms with Crippen molar-refractivity contribution in [3.63, 3.8) is 0 Å². The van der Waals surface area contributed by atoms with E-state index >= 15 is 0 Å². The number of hydrogen-bond donors (Lipinski definition) is 1. The first-order chi connectivity index (χ1) is 7.67. The Morgan fingerprint density at radius 1 is 1.44 bits per heavy atom. The van der Waals surface area contributed by atoms with E-state index in [0.717, 1.165) is 5.56 Å². The van der Waals surface area contributed by atoms with Gasteiger partial charge in [-0.1, -0.05) is 6.07 Å². The van der Waals surface area contributed by atoms with E-state index in [1.165, 1.54) is 12.1 Å². The average Bonchev–Trinajstić information content (AvgIpc) is 2.27. The topological polar surface area (TPSA) is 46.5 Å². The van der Waals surface area contributed by atoms with Crippen LogP contribution in [0.25, 0.3) is 0 Å². The Hall–Kier alpha value is -1.58. The van der Waals surface area contributed by atoms with Gasteiger partial charge in [0.05, 0.1) is 6.61 Å². The molecule has 0 aromatic heterocycles. The van der Waals surface area contributed by atoms with Gasteiger partial charge in [-0.25, -0.2) is 4.39 Å². The summed E-state index contributed by atoms with van der Waals surface area (Å²) in [6, 6.07) is 4.49. The van der Waals surface area contributed by atoms with Gasteiger partial charge in [-0.3, -0.25) is 4.79 Å². The maximum atomic E-state index is 12.6. The second-order valence-electron chi connectivity index (χ2n) is 3.39. The van der Waals surface area contributed by atoms with Gasteiger partial charge in [-0.15, -0.1) is 0 Å². The SMILES string of the molecule is CCOC(=O)CCc1ccc(O)cc1CF. The molecule has 0 atom stereocenters. The lowest BCUT2D eigenvalue weighted by atomic mass is 10.0. The zero-order valence-electron chi connectivity index (χ0n) is 9.20. The number of halogens is 1. The van der Waals surface area contributed by atoms with Crippen LogP contribution in [0.1, 0.15) is 24.5 Å². The molecule has 0 unspecified atom stereocenters. The van der Waals surface area contributed by atoms with Gasteiger partial charge in [0.2, 0.25) is 0 Å². The molecule has 4 heteroatoms. The van der Waals surface area contributed by atoms with Gasteiger partial charge in [0.1, 0.15) is 12.4 Å². The lowest BCUT2D eigenvalue weighted by Crippen LogP contribution is -2.06. The maximum absolute atomic E-state index is 12.6. The third-order valence-corrected chi connectivity index (χ3v) is 2.24. The van der Waals surface area contributed by atoms with Crippen molar-refractivity contribution in [1.29, 1.82) is 0 Å². The Balaban J connectivity index is 2.63. The number of hydrogen-bond acceptors (Lipinski definition) is 3. The molecule has 1 N–H and O–H groups in total. The van der Waals surface area contributed by atoms with Crippen molar-refractivity contribution in [2.75, 3.05) is 6.61 Å². The van der Waals surface area contributed by atoms with Gasteiger partial charge >= 0.3 is 5.97 Å². The summed E-state index contributed by atoms with van der Waals surface area (Å²) in [5.41, 5.74) is 1.15. The van der Waals surface area contributed by atoms with Crippen LogP contribution in [0.4, 0.5) is 4.39 Å². The van der Waals surface area contributed by atoms with Crippen LogP contribution in [0.2, 0.25) is 0 Å². The van der Waals surface area contributed by atoms with Gasteiger partial charge in [0.25, 0.3) is 0 Å². The van der Waals surface area contributed by atoms with E-state index in [1.807, 2.05) is 0 Å². The lowest BCUT2D eigenvalue weighted by molar-refractivity contribution is -0.143. The summed E-state index contributed by atoms with van der Waals surface area (Å²) in [5.74, 6) is -0.257. The fraction of sp³-hybridized carbons (Fsp3) is 0.417. The number of aromatic hydroxyl groups is 1. The Bertz CT molecular complexity index is 363. The number of carbonyl (C=O) groups excluding carboxylic acids is 1. The summed E-state index contributed by atoms with van der Waals surface area (Å²) in [4.78, 5) is 11.1. The highest BCUT2D eigenvalue weighted by atomic mass is 19.1. The van der Waals surface area contributed by atoms with E-state index in [1.54, 1.807) is 13.0 Å². The monoisotopic (exact) mass is 226 g/mol. The molecule has 1 rings (SSSR count). The van der Waals surface area contributed by atoms with E-state index in [9.17, 15) is 14.3 Å². The van der Waals surface area contributed by atoms with Crippen LogP contribution in [0.5, 0.6) is 5.75 Å². The van der Waals surface area contributed by atoms with Gasteiger partial charge < -0.3 is 9.84 Å². The zero-order chi connectivity index (χ0) is 12.0. The minimum Gasteiger partial charge on any atom is -0.508 e. The van der Waals surface area contributed by atoms with Crippen molar-refractivity contribution in [3.8, 4) is 5.75 Å². The van der Waals surface area contributed by atoms with Crippen molar-refractivity contribution in [1.82, 2.24) is 0 Å². The van der Waals surface area contributed by atoms with E-state index in [4.69, 9.17) is 4.74 Å². The molecular formula is C12H15FO3. The van der Waals surface area contributed by atoms with Crippen molar-refractivity contribution >= 4 is 5.97 Å². The second-order valence-corrected chi connectivity index (χ2v) is 3.39. The van der Waals surface area contributed by atoms with Gasteiger partial charge in [0.15, 0.2) is 0 Å². The molecule has 0 amide bonds. The highest BCUT2D eigenvalue weighted by molar-refractivity contribution is 5.69. The molecule has 0 fully saturated rings. The minimum atomic E-state index is -0.646. The molecule has 1 aromatic rings. The summed E-state index contributed by atoms with van der Waals surface area (Å²) < 4.78 is 17.4. The van der Waals surface area contributed by atoms with E-state index in [-0.39, 0.29) is 18.1 Å². The predicted octanol–water partition coefficient (Wildman–Crippen LogP) is 2.36. The molecule has 0 radical (unpaired) electrons. The number of benzene rings is 1. The van der Waals surface area contributed by atoms with Crippen molar-refractivity contribution < 1.29 is 19.0 Å². The molecule has 0 aliphatic carbocycles. The molecule has 3 nitrogen and oxygen atoms in total. The van der Waals surface area contributed by atoms with E-state index in [0.29, 0.717) is 18.6 Å². The number of phenolic OH excluding ortho intramolecular Hbond substituents is 1. The number of phenols is 1. The normalized spacial score (nSPS) is 10.1. The number of aryl methyl sites for hydroxylation is 1. The Morgan fingerprint density at radius 2 is 2.19 bits per heavy atom. The zero-order valence-corrected chi connectivity index (χ0v) is 9.20. The molecule has 0 aliphatic heterocycles. The average molecular weight is 226 g/mol. The number of carbonyl (C=O) groups is 1. The molecule has 1 aromatic carbocycles. The van der Waals surface area contributed by atoms with Crippen LogP contribution in [0.15, 0.2) is 18.2 Å². The van der Waals surface area contributed by atoms with Crippen molar-refractivity contribution in [2.24, 2.45) is 0 Å². The van der Waals surface area contributed by atoms with Crippen LogP contribution in [0.3, 0.4) is 0 Å².